The average molecular weight is 342 g/mol. The van der Waals surface area contributed by atoms with Crippen molar-refractivity contribution >= 4 is 11.3 Å². The monoisotopic (exact) mass is 342 g/mol. The molecule has 1 aromatic heterocycles. The Bertz CT molecular complexity index is 972. The summed E-state index contributed by atoms with van der Waals surface area (Å²) in [4.78, 5) is 4.82. The first kappa shape index (κ1) is 15.8. The minimum absolute atomic E-state index is 0.525. The third-order valence-electron chi connectivity index (χ3n) is 4.26. The molecule has 3 aromatic carbocycles. The van der Waals surface area contributed by atoms with Crippen LogP contribution in [0.4, 0.5) is 0 Å². The van der Waals surface area contributed by atoms with Gasteiger partial charge >= 0.3 is 0 Å². The van der Waals surface area contributed by atoms with Gasteiger partial charge < -0.3 is 5.73 Å². The van der Waals surface area contributed by atoms with E-state index in [1.165, 1.54) is 11.1 Å². The second kappa shape index (κ2) is 7.01. The van der Waals surface area contributed by atoms with Crippen molar-refractivity contribution in [2.75, 3.05) is 0 Å². The van der Waals surface area contributed by atoms with Gasteiger partial charge in [0, 0.05) is 23.1 Å². The summed E-state index contributed by atoms with van der Waals surface area (Å²) in [6, 6.07) is 27.2. The third kappa shape index (κ3) is 3.25. The van der Waals surface area contributed by atoms with Gasteiger partial charge in [0.15, 0.2) is 0 Å². The molecule has 2 N–H and O–H groups in total. The second-order valence-corrected chi connectivity index (χ2v) is 6.70. The van der Waals surface area contributed by atoms with Gasteiger partial charge in [-0.05, 0) is 16.7 Å². The van der Waals surface area contributed by atoms with Gasteiger partial charge in [0.1, 0.15) is 5.01 Å². The number of nitrogens with zero attached hydrogens (tertiary/aromatic N) is 1. The van der Waals surface area contributed by atoms with Gasteiger partial charge in [0.2, 0.25) is 0 Å². The van der Waals surface area contributed by atoms with E-state index >= 15 is 0 Å². The van der Waals surface area contributed by atoms with Gasteiger partial charge in [-0.3, -0.25) is 0 Å². The van der Waals surface area contributed by atoms with E-state index < -0.39 is 0 Å². The van der Waals surface area contributed by atoms with Gasteiger partial charge in [-0.25, -0.2) is 4.98 Å². The van der Waals surface area contributed by atoms with Crippen LogP contribution in [0.2, 0.25) is 0 Å². The molecule has 0 amide bonds. The van der Waals surface area contributed by atoms with Crippen molar-refractivity contribution in [1.29, 1.82) is 0 Å². The fourth-order valence-electron chi connectivity index (χ4n) is 2.90. The Morgan fingerprint density at radius 2 is 1.36 bits per heavy atom. The standard InChI is InChI=1S/C22H18N2S/c23-14-19-8-4-5-9-20(19)22-24-21(15-25-22)18-12-10-17(11-13-18)16-6-2-1-3-7-16/h1-13,15H,14,23H2. The molecule has 0 radical (unpaired) electrons. The Labute approximate surface area is 151 Å². The minimum Gasteiger partial charge on any atom is -0.326 e. The Morgan fingerprint density at radius 3 is 2.12 bits per heavy atom. The smallest absolute Gasteiger partial charge is 0.124 e. The van der Waals surface area contributed by atoms with E-state index in [0.717, 1.165) is 27.4 Å². The van der Waals surface area contributed by atoms with E-state index in [9.17, 15) is 0 Å². The van der Waals surface area contributed by atoms with Crippen LogP contribution in [0.5, 0.6) is 0 Å². The zero-order chi connectivity index (χ0) is 17.1. The van der Waals surface area contributed by atoms with Gasteiger partial charge in [0.25, 0.3) is 0 Å². The van der Waals surface area contributed by atoms with Gasteiger partial charge in [-0.15, -0.1) is 11.3 Å². The first-order valence-corrected chi connectivity index (χ1v) is 9.13. The highest BCUT2D eigenvalue weighted by atomic mass is 32.1. The predicted octanol–water partition coefficient (Wildman–Crippen LogP) is 5.60. The largest absolute Gasteiger partial charge is 0.326 e. The number of hydrogen-bond acceptors (Lipinski definition) is 3. The second-order valence-electron chi connectivity index (χ2n) is 5.84. The minimum atomic E-state index is 0.525. The molecule has 4 aromatic rings. The van der Waals surface area contributed by atoms with E-state index in [4.69, 9.17) is 10.7 Å². The number of thiazole rings is 1. The van der Waals surface area contributed by atoms with Crippen LogP contribution >= 0.6 is 11.3 Å². The van der Waals surface area contributed by atoms with E-state index in [1.807, 2.05) is 18.2 Å². The van der Waals surface area contributed by atoms with Crippen LogP contribution in [-0.2, 0) is 6.54 Å². The topological polar surface area (TPSA) is 38.9 Å². The summed E-state index contributed by atoms with van der Waals surface area (Å²) >= 11 is 1.66. The zero-order valence-corrected chi connectivity index (χ0v) is 14.5. The zero-order valence-electron chi connectivity index (χ0n) is 13.7. The number of rotatable bonds is 4. The molecule has 122 valence electrons. The predicted molar refractivity (Wildman–Crippen MR) is 106 cm³/mol. The summed E-state index contributed by atoms with van der Waals surface area (Å²) < 4.78 is 0. The summed E-state index contributed by atoms with van der Waals surface area (Å²) in [5.74, 6) is 0. The lowest BCUT2D eigenvalue weighted by Crippen LogP contribution is -1.98. The summed E-state index contributed by atoms with van der Waals surface area (Å²) in [5, 5.41) is 3.13. The molecule has 4 rings (SSSR count). The quantitative estimate of drug-likeness (QED) is 0.524. The molecule has 25 heavy (non-hydrogen) atoms. The van der Waals surface area contributed by atoms with Crippen LogP contribution in [0.1, 0.15) is 5.56 Å². The molecule has 0 aliphatic heterocycles. The molecular weight excluding hydrogens is 324 g/mol. The number of nitrogens with two attached hydrogens (primary N) is 1. The maximum absolute atomic E-state index is 5.85. The molecule has 0 saturated heterocycles. The maximum atomic E-state index is 5.85. The van der Waals surface area contributed by atoms with E-state index in [0.29, 0.717) is 6.54 Å². The Balaban J connectivity index is 1.64. The van der Waals surface area contributed by atoms with Crippen LogP contribution in [0.25, 0.3) is 33.0 Å². The van der Waals surface area contributed by atoms with Crippen molar-refractivity contribution in [2.24, 2.45) is 5.73 Å². The van der Waals surface area contributed by atoms with Gasteiger partial charge in [-0.2, -0.15) is 0 Å². The fourth-order valence-corrected chi connectivity index (χ4v) is 3.79. The molecular formula is C22H18N2S. The molecule has 0 spiro atoms. The van der Waals surface area contributed by atoms with Crippen LogP contribution in [-0.4, -0.2) is 4.98 Å². The third-order valence-corrected chi connectivity index (χ3v) is 5.14. The molecule has 0 atom stereocenters. The van der Waals surface area contributed by atoms with Gasteiger partial charge in [-0.1, -0.05) is 78.9 Å². The number of hydrogen-bond donors (Lipinski definition) is 1. The molecule has 1 heterocycles. The SMILES string of the molecule is NCc1ccccc1-c1nc(-c2ccc(-c3ccccc3)cc2)cs1. The van der Waals surface area contributed by atoms with E-state index in [1.54, 1.807) is 11.3 Å². The number of aromatic nitrogens is 1. The number of benzene rings is 3. The highest BCUT2D eigenvalue weighted by Gasteiger charge is 2.10. The molecule has 0 bridgehead atoms. The van der Waals surface area contributed by atoms with Crippen LogP contribution in [0.15, 0.2) is 84.2 Å². The molecule has 2 nitrogen and oxygen atoms in total. The molecule has 0 fully saturated rings. The summed E-state index contributed by atoms with van der Waals surface area (Å²) in [5.41, 5.74) is 12.7. The van der Waals surface area contributed by atoms with E-state index in [2.05, 4.69) is 66.0 Å². The van der Waals surface area contributed by atoms with Crippen molar-refractivity contribution < 1.29 is 0 Å². The lowest BCUT2D eigenvalue weighted by molar-refractivity contribution is 1.07. The van der Waals surface area contributed by atoms with E-state index in [-0.39, 0.29) is 0 Å². The normalized spacial score (nSPS) is 10.8. The first-order chi connectivity index (χ1) is 12.3. The Kier molecular flexibility index (Phi) is 4.42. The van der Waals surface area contributed by atoms with Crippen molar-refractivity contribution in [3.8, 4) is 33.0 Å². The van der Waals surface area contributed by atoms with Crippen LogP contribution in [0.3, 0.4) is 0 Å². The van der Waals surface area contributed by atoms with Crippen molar-refractivity contribution in [2.45, 2.75) is 6.54 Å². The highest BCUT2D eigenvalue weighted by Crippen LogP contribution is 2.31. The molecule has 0 unspecified atom stereocenters. The molecule has 0 saturated carbocycles. The lowest BCUT2D eigenvalue weighted by Gasteiger charge is -2.04. The lowest BCUT2D eigenvalue weighted by atomic mass is 10.0. The van der Waals surface area contributed by atoms with Crippen LogP contribution in [0, 0.1) is 0 Å². The summed E-state index contributed by atoms with van der Waals surface area (Å²) in [6.45, 7) is 0.525. The summed E-state index contributed by atoms with van der Waals surface area (Å²) in [7, 11) is 0. The van der Waals surface area contributed by atoms with Crippen molar-refractivity contribution in [1.82, 2.24) is 4.98 Å². The fraction of sp³-hybridized carbons (Fsp3) is 0.0455. The highest BCUT2D eigenvalue weighted by molar-refractivity contribution is 7.13. The Hall–Kier alpha value is -2.75. The average Bonchev–Trinajstić information content (AvgIpc) is 3.19. The Morgan fingerprint density at radius 1 is 0.720 bits per heavy atom. The molecule has 0 aliphatic rings. The van der Waals surface area contributed by atoms with Crippen molar-refractivity contribution in [3.63, 3.8) is 0 Å². The molecule has 3 heteroatoms. The first-order valence-electron chi connectivity index (χ1n) is 8.25. The molecule has 0 aliphatic carbocycles. The van der Waals surface area contributed by atoms with Crippen molar-refractivity contribution in [3.05, 3.63) is 89.8 Å². The van der Waals surface area contributed by atoms with Crippen LogP contribution < -0.4 is 5.73 Å². The maximum Gasteiger partial charge on any atom is 0.124 e. The summed E-state index contributed by atoms with van der Waals surface area (Å²) in [6.07, 6.45) is 0. The van der Waals surface area contributed by atoms with Gasteiger partial charge in [0.05, 0.1) is 5.69 Å².